The van der Waals surface area contributed by atoms with Gasteiger partial charge in [-0.15, -0.1) is 0 Å². The Labute approximate surface area is 404 Å². The second-order valence-electron chi connectivity index (χ2n) is 18.0. The Morgan fingerprint density at radius 3 is 2.01 bits per heavy atom. The quantitative estimate of drug-likeness (QED) is 0.0704. The summed E-state index contributed by atoms with van der Waals surface area (Å²) in [6.45, 7) is 18.6. The molecule has 0 spiro atoms. The van der Waals surface area contributed by atoms with Crippen LogP contribution in [0.3, 0.4) is 0 Å². The zero-order valence-corrected chi connectivity index (χ0v) is 40.3. The monoisotopic (exact) mass is 901 g/mol. The number of ketones is 1. The number of nitrogens with zero attached hydrogens (tertiary/aromatic N) is 3. The maximum atomic E-state index is 12.9. The number of aliphatic hydroxyl groups excluding tert-OH is 1. The summed E-state index contributed by atoms with van der Waals surface area (Å²) in [6.07, 6.45) is 12.2. The average molecular weight is 902 g/mol. The highest BCUT2D eigenvalue weighted by atomic mass is 16.3. The molecule has 340 valence electrons. The smallest absolute Gasteiger partial charge is 0.227 e. The molecule has 0 saturated heterocycles. The second kappa shape index (κ2) is 19.6. The number of para-hydroxylation sites is 1. The summed E-state index contributed by atoms with van der Waals surface area (Å²) < 4.78 is 6.35. The van der Waals surface area contributed by atoms with Crippen molar-refractivity contribution in [1.29, 1.82) is 0 Å². The van der Waals surface area contributed by atoms with Gasteiger partial charge in [-0.3, -0.25) is 14.8 Å². The Bertz CT molecular complexity index is 3560. The number of benzene rings is 5. The first-order valence-electron chi connectivity index (χ1n) is 23.4. The molecule has 4 heterocycles. The molecular formula is C63H55N3O3. The number of carbonyl (C=O) groups excluding carboxylic acids is 1. The summed E-state index contributed by atoms with van der Waals surface area (Å²) in [5.74, 6) is -0.102. The van der Waals surface area contributed by atoms with E-state index in [2.05, 4.69) is 167 Å². The SMILES string of the molecule is C=C(/C=C\C(=C/C)c1cc(C)c(C)cn1)c1ccccc1-c1cc(-c2cc(C)c(C)cc2CCC(=O)/C=C(/C)O)cc(-c2ccccc2-c2ccc(-c3cccc4c3oc3nc(C)ccc34)nc2)c1. The molecule has 0 aliphatic carbocycles. The molecule has 9 rings (SSSR count). The van der Waals surface area contributed by atoms with Crippen LogP contribution in [0.5, 0.6) is 0 Å². The molecule has 6 nitrogen and oxygen atoms in total. The van der Waals surface area contributed by atoms with E-state index in [1.165, 1.54) is 18.6 Å². The van der Waals surface area contributed by atoms with Gasteiger partial charge in [-0.05, 0) is 187 Å². The average Bonchev–Trinajstić information content (AvgIpc) is 3.73. The number of rotatable bonds is 13. The summed E-state index contributed by atoms with van der Waals surface area (Å²) in [7, 11) is 0. The maximum absolute atomic E-state index is 12.9. The highest BCUT2D eigenvalue weighted by Gasteiger charge is 2.19. The zero-order valence-electron chi connectivity index (χ0n) is 40.3. The lowest BCUT2D eigenvalue weighted by atomic mass is 9.85. The number of furan rings is 1. The van der Waals surface area contributed by atoms with Crippen LogP contribution in [0.25, 0.3) is 89.0 Å². The number of carbonyl (C=O) groups is 1. The van der Waals surface area contributed by atoms with Crippen LogP contribution in [0.4, 0.5) is 0 Å². The van der Waals surface area contributed by atoms with Crippen molar-refractivity contribution < 1.29 is 14.3 Å². The fraction of sp³-hybridized carbons (Fsp3) is 0.143. The number of aromatic nitrogens is 3. The Hall–Kier alpha value is -8.22. The van der Waals surface area contributed by atoms with Crippen molar-refractivity contribution in [2.45, 2.75) is 61.3 Å². The van der Waals surface area contributed by atoms with Crippen molar-refractivity contribution in [3.8, 4) is 55.8 Å². The van der Waals surface area contributed by atoms with Gasteiger partial charge in [-0.1, -0.05) is 104 Å². The van der Waals surface area contributed by atoms with E-state index in [4.69, 9.17) is 14.4 Å². The number of aryl methyl sites for hydroxylation is 6. The van der Waals surface area contributed by atoms with Crippen LogP contribution in [0.1, 0.15) is 65.0 Å². The lowest BCUT2D eigenvalue weighted by molar-refractivity contribution is -0.114. The molecule has 0 radical (unpaired) electrons. The van der Waals surface area contributed by atoms with Crippen LogP contribution in [-0.2, 0) is 11.2 Å². The van der Waals surface area contributed by atoms with Crippen molar-refractivity contribution in [3.63, 3.8) is 0 Å². The molecule has 6 heteroatoms. The molecule has 1 N–H and O–H groups in total. The minimum atomic E-state index is -0.113. The largest absolute Gasteiger partial charge is 0.512 e. The minimum absolute atomic E-state index is 0.0105. The van der Waals surface area contributed by atoms with Crippen molar-refractivity contribution in [1.82, 2.24) is 15.0 Å². The molecular weight excluding hydrogens is 847 g/mol. The van der Waals surface area contributed by atoms with E-state index in [1.807, 2.05) is 44.4 Å². The van der Waals surface area contributed by atoms with Crippen LogP contribution in [0.15, 0.2) is 181 Å². The molecule has 4 aromatic heterocycles. The van der Waals surface area contributed by atoms with Gasteiger partial charge in [0.05, 0.1) is 17.1 Å². The van der Waals surface area contributed by atoms with Crippen molar-refractivity contribution in [3.05, 3.63) is 221 Å². The van der Waals surface area contributed by atoms with Gasteiger partial charge in [-0.2, -0.15) is 0 Å². The molecule has 0 aliphatic rings. The third-order valence-corrected chi connectivity index (χ3v) is 13.1. The van der Waals surface area contributed by atoms with Crippen molar-refractivity contribution in [2.24, 2.45) is 0 Å². The fourth-order valence-electron chi connectivity index (χ4n) is 9.09. The van der Waals surface area contributed by atoms with E-state index in [0.29, 0.717) is 12.1 Å². The van der Waals surface area contributed by atoms with Gasteiger partial charge in [0.25, 0.3) is 0 Å². The summed E-state index contributed by atoms with van der Waals surface area (Å²) in [5, 5.41) is 11.9. The van der Waals surface area contributed by atoms with E-state index in [1.54, 1.807) is 0 Å². The maximum Gasteiger partial charge on any atom is 0.227 e. The Morgan fingerprint density at radius 1 is 0.638 bits per heavy atom. The normalized spacial score (nSPS) is 12.1. The topological polar surface area (TPSA) is 89.1 Å². The first kappa shape index (κ1) is 45.9. The minimum Gasteiger partial charge on any atom is -0.512 e. The number of fused-ring (bicyclic) bond motifs is 3. The van der Waals surface area contributed by atoms with E-state index in [0.717, 1.165) is 122 Å². The molecule has 5 aromatic carbocycles. The Kier molecular flexibility index (Phi) is 13.0. The second-order valence-corrected chi connectivity index (χ2v) is 18.0. The molecule has 0 aliphatic heterocycles. The van der Waals surface area contributed by atoms with Crippen LogP contribution >= 0.6 is 0 Å². The van der Waals surface area contributed by atoms with Gasteiger partial charge >= 0.3 is 0 Å². The van der Waals surface area contributed by atoms with Gasteiger partial charge < -0.3 is 9.52 Å². The third-order valence-electron chi connectivity index (χ3n) is 13.1. The van der Waals surface area contributed by atoms with Gasteiger partial charge in [0.1, 0.15) is 5.58 Å². The molecule has 0 amide bonds. The summed E-state index contributed by atoms with van der Waals surface area (Å²) in [4.78, 5) is 27.4. The first-order chi connectivity index (χ1) is 33.3. The standard InChI is InChI=1S/C63H55N3O3/c1-9-45(61-31-41(5)42(6)36-64-61)23-21-38(2)52-15-10-11-17-54(52)48-33-49(35-50(34-48)59-30-40(4)39(3)29-46(59)24-26-51(68)32-44(8)67)55-18-13-12-16-53(55)47-25-28-60(65-37-47)58-20-14-19-56-57-27-22-43(7)66-63(57)69-62(56)58/h9-23,25,27-37,67H,2,24,26H2,1,3-8H3/b23-21-,44-32-,45-9+. The Balaban J connectivity index is 1.16. The highest BCUT2D eigenvalue weighted by molar-refractivity contribution is 6.08. The number of hydrogen-bond donors (Lipinski definition) is 1. The van der Waals surface area contributed by atoms with Crippen LogP contribution in [0, 0.1) is 34.6 Å². The molecule has 0 fully saturated rings. The number of hydrogen-bond acceptors (Lipinski definition) is 6. The van der Waals surface area contributed by atoms with Gasteiger partial charge in [0.15, 0.2) is 5.78 Å². The lowest BCUT2D eigenvalue weighted by Crippen LogP contribution is -2.01. The number of aliphatic hydroxyl groups is 1. The van der Waals surface area contributed by atoms with E-state index in [-0.39, 0.29) is 18.0 Å². The molecule has 69 heavy (non-hydrogen) atoms. The van der Waals surface area contributed by atoms with Gasteiger partial charge in [0, 0.05) is 52.5 Å². The summed E-state index contributed by atoms with van der Waals surface area (Å²) >= 11 is 0. The molecule has 0 saturated carbocycles. The number of allylic oxidation sites excluding steroid dienone is 7. The zero-order chi connectivity index (χ0) is 48.3. The van der Waals surface area contributed by atoms with Crippen LogP contribution in [-0.4, -0.2) is 25.8 Å². The predicted molar refractivity (Wildman–Crippen MR) is 286 cm³/mol. The molecule has 0 unspecified atom stereocenters. The van der Waals surface area contributed by atoms with Crippen molar-refractivity contribution >= 4 is 39.0 Å². The van der Waals surface area contributed by atoms with Gasteiger partial charge in [-0.25, -0.2) is 4.98 Å². The third kappa shape index (κ3) is 9.65. The van der Waals surface area contributed by atoms with Gasteiger partial charge in [0.2, 0.25) is 5.71 Å². The number of pyridine rings is 3. The van der Waals surface area contributed by atoms with E-state index >= 15 is 0 Å². The van der Waals surface area contributed by atoms with Crippen molar-refractivity contribution in [2.75, 3.05) is 0 Å². The fourth-order valence-corrected chi connectivity index (χ4v) is 9.09. The Morgan fingerprint density at radius 2 is 1.30 bits per heavy atom. The van der Waals surface area contributed by atoms with Crippen LogP contribution < -0.4 is 0 Å². The summed E-state index contributed by atoms with van der Waals surface area (Å²) in [6, 6.07) is 44.7. The molecule has 0 atom stereocenters. The van der Waals surface area contributed by atoms with Crippen LogP contribution in [0.2, 0.25) is 0 Å². The summed E-state index contributed by atoms with van der Waals surface area (Å²) in [5.41, 5.74) is 21.8. The molecule has 9 aromatic rings. The van der Waals surface area contributed by atoms with E-state index < -0.39 is 0 Å². The lowest BCUT2D eigenvalue weighted by Gasteiger charge is -2.19. The van der Waals surface area contributed by atoms with E-state index in [9.17, 15) is 9.90 Å². The predicted octanol–water partition coefficient (Wildman–Crippen LogP) is 16.3. The highest BCUT2D eigenvalue weighted by Crippen LogP contribution is 2.42. The first-order valence-corrected chi connectivity index (χ1v) is 23.4. The molecule has 0 bridgehead atoms.